The molecule has 1 aromatic carbocycles. The van der Waals surface area contributed by atoms with Gasteiger partial charge in [-0.1, -0.05) is 0 Å². The zero-order valence-electron chi connectivity index (χ0n) is 12.2. The van der Waals surface area contributed by atoms with Gasteiger partial charge in [-0.2, -0.15) is 26.3 Å². The van der Waals surface area contributed by atoms with Gasteiger partial charge in [0, 0.05) is 12.6 Å². The Balaban J connectivity index is 2.92. The topological polar surface area (TPSA) is 41.1 Å². The maximum Gasteiger partial charge on any atom is 0.417 e. The molecule has 0 aliphatic rings. The lowest BCUT2D eigenvalue weighted by Crippen LogP contribution is -2.66. The van der Waals surface area contributed by atoms with Gasteiger partial charge in [0.05, 0.1) is 5.56 Å². The molecule has 0 saturated heterocycles. The summed E-state index contributed by atoms with van der Waals surface area (Å²) < 4.78 is 102. The molecule has 0 saturated carbocycles. The van der Waals surface area contributed by atoms with Gasteiger partial charge in [-0.05, 0) is 31.2 Å². The van der Waals surface area contributed by atoms with Crippen molar-refractivity contribution < 1.29 is 39.9 Å². The average molecular weight is 364 g/mol. The van der Waals surface area contributed by atoms with Gasteiger partial charge in [0.25, 0.3) is 5.92 Å². The zero-order chi connectivity index (χ0) is 19.0. The largest absolute Gasteiger partial charge is 0.417 e. The lowest BCUT2D eigenvalue weighted by molar-refractivity contribution is -0.249. The highest BCUT2D eigenvalue weighted by atomic mass is 19.4. The highest BCUT2D eigenvalue weighted by Gasteiger charge is 2.65. The van der Waals surface area contributed by atoms with E-state index in [9.17, 15) is 39.9 Å². The van der Waals surface area contributed by atoms with Crippen LogP contribution in [0, 0.1) is 0 Å². The Bertz CT molecular complexity index is 572. The number of carbonyl (C=O) groups excluding carboxylic acids is 1. The number of rotatable bonds is 3. The Labute approximate surface area is 131 Å². The summed E-state index contributed by atoms with van der Waals surface area (Å²) in [6.07, 6.45) is -10.1. The predicted octanol–water partition coefficient (Wildman–Crippen LogP) is 4.80. The van der Waals surface area contributed by atoms with Crippen LogP contribution in [0.3, 0.4) is 0 Å². The number of benzene rings is 1. The van der Waals surface area contributed by atoms with Crippen molar-refractivity contribution in [2.75, 3.05) is 5.32 Å². The number of carbonyl (C=O) groups is 1. The summed E-state index contributed by atoms with van der Waals surface area (Å²) >= 11 is 0. The fourth-order valence-corrected chi connectivity index (χ4v) is 1.56. The highest BCUT2D eigenvalue weighted by molar-refractivity contribution is 5.89. The lowest BCUT2D eigenvalue weighted by Gasteiger charge is -2.37. The van der Waals surface area contributed by atoms with E-state index in [-0.39, 0.29) is 19.5 Å². The number of anilines is 1. The molecule has 0 radical (unpaired) electrons. The van der Waals surface area contributed by atoms with Gasteiger partial charge in [0.1, 0.15) is 0 Å². The fraction of sp³-hybridized carbons (Fsp3) is 0.462. The first-order chi connectivity index (χ1) is 10.6. The summed E-state index contributed by atoms with van der Waals surface area (Å²) in [5, 5.41) is 2.89. The third kappa shape index (κ3) is 4.26. The monoisotopic (exact) mass is 364 g/mol. The summed E-state index contributed by atoms with van der Waals surface area (Å²) in [5.74, 6) is -4.34. The second-order valence-electron chi connectivity index (χ2n) is 5.17. The Morgan fingerprint density at radius 1 is 0.875 bits per heavy atom. The molecule has 0 aliphatic heterocycles. The zero-order valence-corrected chi connectivity index (χ0v) is 12.2. The molecule has 0 heterocycles. The van der Waals surface area contributed by atoms with E-state index in [0.717, 1.165) is 17.4 Å². The van der Waals surface area contributed by atoms with Crippen molar-refractivity contribution in [3.05, 3.63) is 29.8 Å². The van der Waals surface area contributed by atoms with Gasteiger partial charge < -0.3 is 10.6 Å². The second-order valence-corrected chi connectivity index (χ2v) is 5.17. The molecular formula is C13H12F8N2O. The molecule has 3 nitrogen and oxygen atoms in total. The van der Waals surface area contributed by atoms with Crippen molar-refractivity contribution in [2.24, 2.45) is 0 Å². The summed E-state index contributed by atoms with van der Waals surface area (Å²) in [6.45, 7) is 0.0816. The minimum Gasteiger partial charge on any atom is -0.319 e. The predicted molar refractivity (Wildman–Crippen MR) is 68.7 cm³/mol. The van der Waals surface area contributed by atoms with Crippen LogP contribution in [0.1, 0.15) is 19.4 Å². The van der Waals surface area contributed by atoms with Gasteiger partial charge >= 0.3 is 18.4 Å². The first kappa shape index (κ1) is 20.0. The maximum absolute atomic E-state index is 13.3. The summed E-state index contributed by atoms with van der Waals surface area (Å²) in [7, 11) is 0. The summed E-state index contributed by atoms with van der Waals surface area (Å²) in [4.78, 5) is 11.5. The molecule has 11 heteroatoms. The Morgan fingerprint density at radius 3 is 1.67 bits per heavy atom. The molecule has 0 aromatic heterocycles. The lowest BCUT2D eigenvalue weighted by atomic mass is 9.94. The van der Waals surface area contributed by atoms with Crippen LogP contribution in [0.2, 0.25) is 0 Å². The van der Waals surface area contributed by atoms with Crippen LogP contribution in [0.4, 0.5) is 45.6 Å². The van der Waals surface area contributed by atoms with Crippen molar-refractivity contribution in [2.45, 2.75) is 37.7 Å². The van der Waals surface area contributed by atoms with Crippen molar-refractivity contribution in [3.8, 4) is 0 Å². The Hall–Kier alpha value is -2.07. The maximum atomic E-state index is 13.3. The number of alkyl halides is 8. The van der Waals surface area contributed by atoms with E-state index >= 15 is 0 Å². The van der Waals surface area contributed by atoms with E-state index in [0.29, 0.717) is 12.1 Å². The first-order valence-corrected chi connectivity index (χ1v) is 6.29. The average Bonchev–Trinajstić information content (AvgIpc) is 2.35. The minimum atomic E-state index is -5.47. The number of hydrogen-bond donors (Lipinski definition) is 2. The molecule has 24 heavy (non-hydrogen) atoms. The summed E-state index contributed by atoms with van der Waals surface area (Å²) in [6, 6.07) is 1.06. The highest BCUT2D eigenvalue weighted by Crippen LogP contribution is 2.41. The SMILES string of the molecule is CC(F)(F)C(C)(NC(=O)Nc1ccc(C(F)(F)F)cc1)C(F)(F)F. The molecule has 1 rings (SSSR count). The van der Waals surface area contributed by atoms with E-state index in [1.165, 1.54) is 0 Å². The van der Waals surface area contributed by atoms with Crippen LogP contribution < -0.4 is 10.6 Å². The molecule has 0 fully saturated rings. The molecule has 0 spiro atoms. The third-order valence-corrected chi connectivity index (χ3v) is 3.28. The van der Waals surface area contributed by atoms with E-state index in [4.69, 9.17) is 0 Å². The van der Waals surface area contributed by atoms with Gasteiger partial charge in [-0.25, -0.2) is 13.6 Å². The quantitative estimate of drug-likeness (QED) is 0.743. The molecule has 1 aromatic rings. The fourth-order valence-electron chi connectivity index (χ4n) is 1.56. The normalized spacial score (nSPS) is 15.6. The number of hydrogen-bond acceptors (Lipinski definition) is 1. The van der Waals surface area contributed by atoms with E-state index in [1.54, 1.807) is 5.32 Å². The van der Waals surface area contributed by atoms with Crippen LogP contribution in [-0.2, 0) is 6.18 Å². The molecule has 0 bridgehead atoms. The van der Waals surface area contributed by atoms with Gasteiger partial charge in [0.15, 0.2) is 5.54 Å². The molecule has 2 N–H and O–H groups in total. The summed E-state index contributed by atoms with van der Waals surface area (Å²) in [5.41, 5.74) is -5.21. The van der Waals surface area contributed by atoms with Crippen LogP contribution in [0.15, 0.2) is 24.3 Å². The number of amides is 2. The molecule has 0 aliphatic carbocycles. The van der Waals surface area contributed by atoms with Crippen molar-refractivity contribution >= 4 is 11.7 Å². The van der Waals surface area contributed by atoms with Crippen LogP contribution >= 0.6 is 0 Å². The van der Waals surface area contributed by atoms with Crippen molar-refractivity contribution in [1.29, 1.82) is 0 Å². The first-order valence-electron chi connectivity index (χ1n) is 6.29. The van der Waals surface area contributed by atoms with E-state index in [2.05, 4.69) is 0 Å². The third-order valence-electron chi connectivity index (χ3n) is 3.28. The number of nitrogens with one attached hydrogen (secondary N) is 2. The van der Waals surface area contributed by atoms with Crippen molar-refractivity contribution in [1.82, 2.24) is 5.32 Å². The molecule has 1 unspecified atom stereocenters. The van der Waals surface area contributed by atoms with Crippen LogP contribution in [-0.4, -0.2) is 23.7 Å². The molecule has 136 valence electrons. The smallest absolute Gasteiger partial charge is 0.319 e. The second kappa shape index (κ2) is 6.10. The molecule has 2 amide bonds. The van der Waals surface area contributed by atoms with Gasteiger partial charge in [-0.15, -0.1) is 0 Å². The van der Waals surface area contributed by atoms with E-state index in [1.807, 2.05) is 0 Å². The Morgan fingerprint density at radius 2 is 1.33 bits per heavy atom. The molecule has 1 atom stereocenters. The van der Waals surface area contributed by atoms with Crippen LogP contribution in [0.5, 0.6) is 0 Å². The standard InChI is InChI=1S/C13H12F8N2O/c1-10(11(2,14)15,13(19,20)21)23-9(24)22-8-5-3-7(4-6-8)12(16,17)18/h3-6H,1-2H3,(H2,22,23,24). The Kier molecular flexibility index (Phi) is 5.07. The number of halogens is 8. The minimum absolute atomic E-state index is 0.0150. The molecular weight excluding hydrogens is 352 g/mol. The van der Waals surface area contributed by atoms with E-state index < -0.39 is 35.4 Å². The van der Waals surface area contributed by atoms with Gasteiger partial charge in [0.2, 0.25) is 0 Å². The van der Waals surface area contributed by atoms with Gasteiger partial charge in [-0.3, -0.25) is 0 Å². The number of urea groups is 1. The van der Waals surface area contributed by atoms with Crippen molar-refractivity contribution in [3.63, 3.8) is 0 Å². The van der Waals surface area contributed by atoms with Crippen LogP contribution in [0.25, 0.3) is 0 Å².